The number of rotatable bonds is 0. The molecule has 0 aromatic rings. The van der Waals surface area contributed by atoms with Crippen LogP contribution in [0, 0.1) is 0 Å². The van der Waals surface area contributed by atoms with Crippen LogP contribution >= 0.6 is 0 Å². The molecular weight excluding hydrogens is 163 g/mol. The van der Waals surface area contributed by atoms with Crippen molar-refractivity contribution in [2.24, 2.45) is 0 Å². The Morgan fingerprint density at radius 2 is 1.50 bits per heavy atom. The molecule has 0 fully saturated rings. The Hall–Kier alpha value is 1.01. The first-order valence-corrected chi connectivity index (χ1v) is 1.50. The summed E-state index contributed by atoms with van der Waals surface area (Å²) in [6.45, 7) is 0. The summed E-state index contributed by atoms with van der Waals surface area (Å²) in [5.74, 6) is 0. The molecule has 0 saturated carbocycles. The van der Waals surface area contributed by atoms with Gasteiger partial charge in [-0.25, -0.2) is 0 Å². The molecule has 2 nitrogen and oxygen atoms in total. The molecule has 0 aromatic carbocycles. The molecule has 2 N–H and O–H groups in total. The van der Waals surface area contributed by atoms with Gasteiger partial charge < -0.3 is 5.48 Å². The summed E-state index contributed by atoms with van der Waals surface area (Å²) in [5, 5.41) is 0. The van der Waals surface area contributed by atoms with E-state index in [0.717, 1.165) is 0 Å². The van der Waals surface area contributed by atoms with Gasteiger partial charge >= 0.3 is 21.8 Å². The van der Waals surface area contributed by atoms with Gasteiger partial charge in [0.05, 0.1) is 0 Å². The van der Waals surface area contributed by atoms with Crippen molar-refractivity contribution in [1.82, 2.24) is 0 Å². The topological polar surface area (TPSA) is 48.6 Å². The van der Waals surface area contributed by atoms with E-state index in [-0.39, 0.29) is 44.6 Å². The SMILES string of the molecule is O.[HH].[O]=[Zn].[Zn]. The average Bonchev–Trinajstić information content (AvgIpc) is 1.00. The van der Waals surface area contributed by atoms with Crippen LogP contribution in [-0.2, 0) is 41.3 Å². The van der Waals surface area contributed by atoms with E-state index in [1.807, 2.05) is 0 Å². The molecule has 0 unspecified atom stereocenters. The van der Waals surface area contributed by atoms with Crippen LogP contribution in [0.3, 0.4) is 0 Å². The van der Waals surface area contributed by atoms with Gasteiger partial charge in [0.2, 0.25) is 0 Å². The molecule has 0 bridgehead atoms. The van der Waals surface area contributed by atoms with E-state index in [1.165, 1.54) is 0 Å². The van der Waals surface area contributed by atoms with E-state index in [1.54, 1.807) is 0 Å². The Morgan fingerprint density at radius 1 is 1.50 bits per heavy atom. The fourth-order valence-corrected chi connectivity index (χ4v) is 0. The molecule has 0 radical (unpaired) electrons. The smallest absolute Gasteiger partial charge is 0 e. The van der Waals surface area contributed by atoms with Gasteiger partial charge in [0.25, 0.3) is 0 Å². The van der Waals surface area contributed by atoms with Crippen molar-refractivity contribution in [1.29, 1.82) is 0 Å². The number of hydrogen-bond acceptors (Lipinski definition) is 1. The Labute approximate surface area is 48.5 Å². The van der Waals surface area contributed by atoms with Gasteiger partial charge in [0.1, 0.15) is 0 Å². The maximum absolute atomic E-state index is 8.38. The summed E-state index contributed by atoms with van der Waals surface area (Å²) >= 11 is 0.125. The second kappa shape index (κ2) is 35.7. The normalized spacial score (nSPS) is 1.50. The predicted octanol–water partition coefficient (Wildman–Crippen LogP) is -0.703. The second-order valence-electron chi connectivity index (χ2n) is 0. The monoisotopic (exact) mass is 164 g/mol. The van der Waals surface area contributed by atoms with Crippen LogP contribution in [-0.4, -0.2) is 5.48 Å². The van der Waals surface area contributed by atoms with Crippen LogP contribution in [0.4, 0.5) is 0 Å². The van der Waals surface area contributed by atoms with Gasteiger partial charge in [-0.2, -0.15) is 0 Å². The largest absolute Gasteiger partial charge is 0 e. The van der Waals surface area contributed by atoms with Crippen molar-refractivity contribution in [3.05, 3.63) is 0 Å². The first kappa shape index (κ1) is 20.0. The van der Waals surface area contributed by atoms with Crippen molar-refractivity contribution in [2.75, 3.05) is 0 Å². The van der Waals surface area contributed by atoms with Gasteiger partial charge in [-0.15, -0.1) is 0 Å². The molecule has 4 heteroatoms. The Morgan fingerprint density at radius 3 is 1.50 bits per heavy atom. The fraction of sp³-hybridized carbons (Fsp3) is 0. The first-order chi connectivity index (χ1) is 1.00. The molecule has 0 amide bonds. The van der Waals surface area contributed by atoms with Crippen LogP contribution < -0.4 is 0 Å². The molecule has 0 aliphatic rings. The maximum atomic E-state index is 8.38. The van der Waals surface area contributed by atoms with Crippen LogP contribution in [0.25, 0.3) is 0 Å². The molecule has 0 rings (SSSR count). The third kappa shape index (κ3) is 11.9. The minimum atomic E-state index is 0. The standard InChI is InChI=1S/H2O.O.2Zn.H2/h1H2;;;;1H. The van der Waals surface area contributed by atoms with Gasteiger partial charge in [-0.3, -0.25) is 0 Å². The molecule has 4 heavy (non-hydrogen) atoms. The Balaban J connectivity index is -0.00000000167. The van der Waals surface area contributed by atoms with Gasteiger partial charge in [0.15, 0.2) is 0 Å². The van der Waals surface area contributed by atoms with Gasteiger partial charge in [-0.05, 0) is 0 Å². The molecule has 0 aromatic heterocycles. The molecule has 0 saturated heterocycles. The Bertz CT molecular complexity index is 7.61. The first-order valence-electron chi connectivity index (χ1n) is 0.289. The summed E-state index contributed by atoms with van der Waals surface area (Å²) < 4.78 is 8.38. The van der Waals surface area contributed by atoms with E-state index in [2.05, 4.69) is 0 Å². The van der Waals surface area contributed by atoms with Gasteiger partial charge in [0, 0.05) is 20.9 Å². The number of hydrogen-bond donors (Lipinski definition) is 0. The summed E-state index contributed by atoms with van der Waals surface area (Å²) in [5.41, 5.74) is 0. The summed E-state index contributed by atoms with van der Waals surface area (Å²) in [6, 6.07) is 0. The fourth-order valence-electron chi connectivity index (χ4n) is 0. The maximum Gasteiger partial charge on any atom is 0 e. The molecular formula is H4O2Zn2. The zero-order valence-electron chi connectivity index (χ0n) is 2.32. The van der Waals surface area contributed by atoms with Crippen LogP contribution in [0.2, 0.25) is 0 Å². The van der Waals surface area contributed by atoms with E-state index in [4.69, 9.17) is 3.57 Å². The average molecular weight is 167 g/mol. The van der Waals surface area contributed by atoms with Crippen molar-refractivity contribution in [2.45, 2.75) is 0 Å². The third-order valence-electron chi connectivity index (χ3n) is 0. The van der Waals surface area contributed by atoms with Crippen LogP contribution in [0.1, 0.15) is 1.43 Å². The molecule has 20 valence electrons. The molecule has 0 atom stereocenters. The second-order valence-corrected chi connectivity index (χ2v) is 0. The quantitative estimate of drug-likeness (QED) is 0.439. The minimum absolute atomic E-state index is 0. The van der Waals surface area contributed by atoms with E-state index < -0.39 is 0 Å². The van der Waals surface area contributed by atoms with Crippen molar-refractivity contribution in [3.63, 3.8) is 0 Å². The van der Waals surface area contributed by atoms with Gasteiger partial charge in [-0.1, -0.05) is 0 Å². The summed E-state index contributed by atoms with van der Waals surface area (Å²) in [6.07, 6.45) is 0. The molecule has 0 spiro atoms. The van der Waals surface area contributed by atoms with Crippen molar-refractivity contribution >= 4 is 0 Å². The predicted molar refractivity (Wildman–Crippen MR) is 6.41 cm³/mol. The van der Waals surface area contributed by atoms with E-state index in [0.29, 0.717) is 0 Å². The third-order valence-corrected chi connectivity index (χ3v) is 0. The zero-order valence-corrected chi connectivity index (χ0v) is 8.26. The van der Waals surface area contributed by atoms with Crippen molar-refractivity contribution < 1.29 is 48.2 Å². The van der Waals surface area contributed by atoms with Crippen LogP contribution in [0.5, 0.6) is 0 Å². The summed E-state index contributed by atoms with van der Waals surface area (Å²) in [7, 11) is 0. The molecule has 0 heterocycles. The Kier molecular flexibility index (Phi) is 178. The molecule has 0 aliphatic carbocycles. The minimum Gasteiger partial charge on any atom is 0 e. The van der Waals surface area contributed by atoms with E-state index in [9.17, 15) is 0 Å². The zero-order chi connectivity index (χ0) is 2.00. The van der Waals surface area contributed by atoms with Crippen LogP contribution in [0.15, 0.2) is 0 Å². The molecule has 0 aliphatic heterocycles. The summed E-state index contributed by atoms with van der Waals surface area (Å²) in [4.78, 5) is 0. The van der Waals surface area contributed by atoms with E-state index >= 15 is 0 Å². The van der Waals surface area contributed by atoms with Crippen molar-refractivity contribution in [3.8, 4) is 0 Å².